The van der Waals surface area contributed by atoms with Gasteiger partial charge < -0.3 is 39.8 Å². The molecule has 1 saturated heterocycles. The third-order valence-corrected chi connectivity index (χ3v) is 5.31. The normalized spacial score (nSPS) is 26.7. The lowest BCUT2D eigenvalue weighted by molar-refractivity contribution is -0.231. The van der Waals surface area contributed by atoms with E-state index in [1.807, 2.05) is 0 Å². The number of phenols is 2. The average molecular weight is 416 g/mol. The van der Waals surface area contributed by atoms with Gasteiger partial charge in [0.25, 0.3) is 0 Å². The Bertz CT molecular complexity index is 1120. The summed E-state index contributed by atoms with van der Waals surface area (Å²) in [5, 5.41) is 59.8. The van der Waals surface area contributed by atoms with E-state index in [4.69, 9.17) is 9.15 Å². The van der Waals surface area contributed by atoms with Crippen LogP contribution in [0.15, 0.2) is 51.9 Å². The maximum Gasteiger partial charge on any atom is 0.200 e. The summed E-state index contributed by atoms with van der Waals surface area (Å²) in [6.45, 7) is -0.637. The summed E-state index contributed by atoms with van der Waals surface area (Å²) in [7, 11) is 0. The first-order chi connectivity index (χ1) is 14.3. The van der Waals surface area contributed by atoms with E-state index in [1.165, 1.54) is 30.5 Å². The van der Waals surface area contributed by atoms with Crippen LogP contribution < -0.4 is 5.43 Å². The molecule has 1 aromatic heterocycles. The van der Waals surface area contributed by atoms with Crippen LogP contribution in [0.3, 0.4) is 0 Å². The van der Waals surface area contributed by atoms with E-state index in [-0.39, 0.29) is 33.6 Å². The highest BCUT2D eigenvalue weighted by Gasteiger charge is 2.45. The second-order valence-corrected chi connectivity index (χ2v) is 7.15. The van der Waals surface area contributed by atoms with Crippen LogP contribution in [0, 0.1) is 0 Å². The molecule has 5 atom stereocenters. The minimum absolute atomic E-state index is 0.0405. The summed E-state index contributed by atoms with van der Waals surface area (Å²) in [5.41, 5.74) is 0.150. The molecule has 158 valence electrons. The van der Waals surface area contributed by atoms with Gasteiger partial charge in [-0.3, -0.25) is 4.79 Å². The third-order valence-electron chi connectivity index (χ3n) is 5.31. The predicted molar refractivity (Wildman–Crippen MR) is 104 cm³/mol. The van der Waals surface area contributed by atoms with Crippen molar-refractivity contribution in [2.75, 3.05) is 6.61 Å². The Hall–Kier alpha value is -2.95. The van der Waals surface area contributed by atoms with Crippen molar-refractivity contribution >= 4 is 11.0 Å². The van der Waals surface area contributed by atoms with Crippen LogP contribution in [0.25, 0.3) is 22.1 Å². The second kappa shape index (κ2) is 7.71. The molecule has 4 rings (SSSR count). The van der Waals surface area contributed by atoms with E-state index < -0.39 is 42.6 Å². The maximum atomic E-state index is 13.0. The standard InChI is InChI=1S/C21H20O9/c22-7-14-17(26)18(27)19(28)21(30-14)15-13(24)6-5-11-16(25)12(8-29-20(11)15)9-1-3-10(23)4-2-9/h1-6,8,14,17-19,21-24,26-28H,7H2/t14?,17-,18-,19?,21+/m1/s1. The van der Waals surface area contributed by atoms with Crippen molar-refractivity contribution in [3.63, 3.8) is 0 Å². The highest BCUT2D eigenvalue weighted by molar-refractivity contribution is 5.86. The molecule has 2 unspecified atom stereocenters. The summed E-state index contributed by atoms with van der Waals surface area (Å²) < 4.78 is 11.1. The van der Waals surface area contributed by atoms with Crippen LogP contribution in [-0.2, 0) is 4.74 Å². The summed E-state index contributed by atoms with van der Waals surface area (Å²) in [6, 6.07) is 8.54. The fraction of sp³-hybridized carbons (Fsp3) is 0.286. The van der Waals surface area contributed by atoms with Gasteiger partial charge in [-0.1, -0.05) is 12.1 Å². The van der Waals surface area contributed by atoms with E-state index >= 15 is 0 Å². The number of aliphatic hydroxyl groups is 4. The van der Waals surface area contributed by atoms with Crippen LogP contribution in [-0.4, -0.2) is 61.7 Å². The highest BCUT2D eigenvalue weighted by Crippen LogP contribution is 2.40. The number of rotatable bonds is 3. The number of phenolic OH excluding ortho intramolecular Hbond substituents is 2. The largest absolute Gasteiger partial charge is 0.508 e. The Kier molecular flexibility index (Phi) is 5.22. The van der Waals surface area contributed by atoms with Crippen molar-refractivity contribution in [1.82, 2.24) is 0 Å². The third kappa shape index (κ3) is 3.22. The molecule has 30 heavy (non-hydrogen) atoms. The van der Waals surface area contributed by atoms with Gasteiger partial charge in [0.05, 0.1) is 23.1 Å². The van der Waals surface area contributed by atoms with Crippen molar-refractivity contribution in [1.29, 1.82) is 0 Å². The van der Waals surface area contributed by atoms with Crippen LogP contribution in [0.4, 0.5) is 0 Å². The van der Waals surface area contributed by atoms with Crippen molar-refractivity contribution in [3.8, 4) is 22.6 Å². The number of benzene rings is 2. The van der Waals surface area contributed by atoms with Gasteiger partial charge in [0, 0.05) is 0 Å². The minimum Gasteiger partial charge on any atom is -0.508 e. The smallest absolute Gasteiger partial charge is 0.200 e. The number of fused-ring (bicyclic) bond motifs is 1. The number of hydrogen-bond donors (Lipinski definition) is 6. The van der Waals surface area contributed by atoms with Gasteiger partial charge in [-0.2, -0.15) is 0 Å². The Morgan fingerprint density at radius 1 is 0.900 bits per heavy atom. The van der Waals surface area contributed by atoms with Crippen LogP contribution in [0.2, 0.25) is 0 Å². The van der Waals surface area contributed by atoms with Crippen LogP contribution in [0.1, 0.15) is 11.7 Å². The Labute approximate surface area is 169 Å². The molecule has 3 aromatic rings. The van der Waals surface area contributed by atoms with Gasteiger partial charge in [0.1, 0.15) is 53.9 Å². The quantitative estimate of drug-likeness (QED) is 0.355. The Balaban J connectivity index is 1.87. The van der Waals surface area contributed by atoms with Crippen molar-refractivity contribution < 1.29 is 39.8 Å². The van der Waals surface area contributed by atoms with Gasteiger partial charge in [0.15, 0.2) is 0 Å². The lowest BCUT2D eigenvalue weighted by Crippen LogP contribution is -2.55. The van der Waals surface area contributed by atoms with Crippen molar-refractivity contribution in [2.45, 2.75) is 30.5 Å². The van der Waals surface area contributed by atoms with E-state index in [2.05, 4.69) is 0 Å². The van der Waals surface area contributed by atoms with Gasteiger partial charge in [-0.15, -0.1) is 0 Å². The molecule has 6 N–H and O–H groups in total. The predicted octanol–water partition coefficient (Wildman–Crippen LogP) is 0.386. The zero-order valence-electron chi connectivity index (χ0n) is 15.5. The minimum atomic E-state index is -1.65. The van der Waals surface area contributed by atoms with Crippen LogP contribution >= 0.6 is 0 Å². The first kappa shape index (κ1) is 20.3. The summed E-state index contributed by atoms with van der Waals surface area (Å²) >= 11 is 0. The first-order valence-electron chi connectivity index (χ1n) is 9.20. The molecule has 1 aliphatic heterocycles. The number of aromatic hydroxyl groups is 2. The summed E-state index contributed by atoms with van der Waals surface area (Å²) in [5.74, 6) is -0.314. The van der Waals surface area contributed by atoms with Crippen molar-refractivity contribution in [2.24, 2.45) is 0 Å². The average Bonchev–Trinajstić information content (AvgIpc) is 2.74. The molecular weight excluding hydrogens is 396 g/mol. The molecule has 2 heterocycles. The molecular formula is C21H20O9. The molecule has 1 fully saturated rings. The number of ether oxygens (including phenoxy) is 1. The topological polar surface area (TPSA) is 161 Å². The highest BCUT2D eigenvalue weighted by atomic mass is 16.5. The number of hydrogen-bond acceptors (Lipinski definition) is 9. The monoisotopic (exact) mass is 416 g/mol. The fourth-order valence-corrected chi connectivity index (χ4v) is 3.67. The zero-order valence-corrected chi connectivity index (χ0v) is 15.5. The molecule has 9 heteroatoms. The number of aliphatic hydroxyl groups excluding tert-OH is 4. The van der Waals surface area contributed by atoms with Gasteiger partial charge in [-0.25, -0.2) is 0 Å². The molecule has 9 nitrogen and oxygen atoms in total. The molecule has 0 saturated carbocycles. The molecule has 0 bridgehead atoms. The van der Waals surface area contributed by atoms with Crippen molar-refractivity contribution in [3.05, 3.63) is 58.4 Å². The van der Waals surface area contributed by atoms with Gasteiger partial charge in [-0.05, 0) is 29.8 Å². The molecule has 0 spiro atoms. The Morgan fingerprint density at radius 3 is 2.27 bits per heavy atom. The van der Waals surface area contributed by atoms with Crippen LogP contribution in [0.5, 0.6) is 11.5 Å². The lowest BCUT2D eigenvalue weighted by Gasteiger charge is -2.40. The van der Waals surface area contributed by atoms with Gasteiger partial charge in [0.2, 0.25) is 5.43 Å². The molecule has 0 amide bonds. The molecule has 2 aromatic carbocycles. The lowest BCUT2D eigenvalue weighted by atomic mass is 9.89. The Morgan fingerprint density at radius 2 is 1.60 bits per heavy atom. The van der Waals surface area contributed by atoms with Gasteiger partial charge >= 0.3 is 0 Å². The molecule has 1 aliphatic rings. The van der Waals surface area contributed by atoms with E-state index in [0.29, 0.717) is 5.56 Å². The SMILES string of the molecule is O=c1c(-c2ccc(O)cc2)coc2c([C@@H]3OC(CO)[C@@H](O)[C@@H](O)C3O)c(O)ccc12. The second-order valence-electron chi connectivity index (χ2n) is 7.15. The molecule has 0 radical (unpaired) electrons. The fourth-order valence-electron chi connectivity index (χ4n) is 3.67. The van der Waals surface area contributed by atoms with E-state index in [1.54, 1.807) is 12.1 Å². The molecule has 0 aliphatic carbocycles. The summed E-state index contributed by atoms with van der Waals surface area (Å²) in [6.07, 6.45) is -6.24. The zero-order chi connectivity index (χ0) is 21.6. The van der Waals surface area contributed by atoms with E-state index in [0.717, 1.165) is 0 Å². The summed E-state index contributed by atoms with van der Waals surface area (Å²) in [4.78, 5) is 13.0. The first-order valence-corrected chi connectivity index (χ1v) is 9.20. The maximum absolute atomic E-state index is 13.0. The van der Waals surface area contributed by atoms with E-state index in [9.17, 15) is 35.4 Å².